The third-order valence-corrected chi connectivity index (χ3v) is 2.61. The van der Waals surface area contributed by atoms with E-state index in [0.29, 0.717) is 18.0 Å². The van der Waals surface area contributed by atoms with E-state index in [9.17, 15) is 9.59 Å². The molecular weight excluding hydrogens is 256 g/mol. The van der Waals surface area contributed by atoms with Crippen molar-refractivity contribution in [1.29, 1.82) is 0 Å². The molecule has 0 aliphatic rings. The molecule has 20 heavy (non-hydrogen) atoms. The summed E-state index contributed by atoms with van der Waals surface area (Å²) >= 11 is 0. The summed E-state index contributed by atoms with van der Waals surface area (Å²) < 4.78 is 5.56. The number of pyridine rings is 1. The molecule has 2 N–H and O–H groups in total. The zero-order chi connectivity index (χ0) is 14.4. The average molecular weight is 272 g/mol. The number of aromatic amines is 1. The van der Waals surface area contributed by atoms with E-state index in [4.69, 9.17) is 4.74 Å². The van der Waals surface area contributed by atoms with Crippen LogP contribution in [0.25, 0.3) is 0 Å². The molecule has 104 valence electrons. The van der Waals surface area contributed by atoms with Crippen molar-refractivity contribution in [3.63, 3.8) is 0 Å². The minimum atomic E-state index is -0.379. The highest BCUT2D eigenvalue weighted by atomic mass is 16.5. The summed E-state index contributed by atoms with van der Waals surface area (Å²) in [6, 6.07) is 11.6. The second kappa shape index (κ2) is 6.56. The molecule has 0 bridgehead atoms. The molecule has 2 rings (SSSR count). The molecule has 1 aromatic heterocycles. The van der Waals surface area contributed by atoms with Crippen LogP contribution in [0.2, 0.25) is 0 Å². The molecule has 0 atom stereocenters. The van der Waals surface area contributed by atoms with Crippen LogP contribution in [0.4, 0.5) is 5.69 Å². The lowest BCUT2D eigenvalue weighted by Gasteiger charge is -2.11. The Bertz CT molecular complexity index is 649. The van der Waals surface area contributed by atoms with Crippen molar-refractivity contribution >= 4 is 11.6 Å². The number of carbonyl (C=O) groups excluding carboxylic acids is 1. The third-order valence-electron chi connectivity index (χ3n) is 2.61. The highest BCUT2D eigenvalue weighted by Crippen LogP contribution is 2.24. The molecule has 5 heteroatoms. The van der Waals surface area contributed by atoms with Crippen LogP contribution in [-0.4, -0.2) is 17.5 Å². The highest BCUT2D eigenvalue weighted by Gasteiger charge is 2.10. The molecular formula is C15H16N2O3. The number of para-hydroxylation sites is 2. The number of nitrogens with one attached hydrogen (secondary N) is 2. The summed E-state index contributed by atoms with van der Waals surface area (Å²) in [4.78, 5) is 25.7. The van der Waals surface area contributed by atoms with Gasteiger partial charge in [0, 0.05) is 6.07 Å². The van der Waals surface area contributed by atoms with Crippen LogP contribution in [0, 0.1) is 0 Å². The first kappa shape index (κ1) is 13.9. The summed E-state index contributed by atoms with van der Waals surface area (Å²) in [7, 11) is 0. The lowest BCUT2D eigenvalue weighted by Crippen LogP contribution is -2.18. The van der Waals surface area contributed by atoms with Crippen molar-refractivity contribution in [3.05, 3.63) is 58.5 Å². The fourth-order valence-electron chi connectivity index (χ4n) is 1.68. The molecule has 0 radical (unpaired) electrons. The Hall–Kier alpha value is -2.56. The molecule has 0 spiro atoms. The predicted octanol–water partition coefficient (Wildman–Crippen LogP) is 2.42. The topological polar surface area (TPSA) is 71.2 Å². The van der Waals surface area contributed by atoms with Crippen LogP contribution in [0.5, 0.6) is 5.75 Å². The van der Waals surface area contributed by atoms with Gasteiger partial charge in [-0.25, -0.2) is 0 Å². The van der Waals surface area contributed by atoms with Crippen LogP contribution in [0.1, 0.15) is 23.8 Å². The highest BCUT2D eigenvalue weighted by molar-refractivity contribution is 6.03. The van der Waals surface area contributed by atoms with Gasteiger partial charge in [-0.2, -0.15) is 0 Å². The molecule has 5 nitrogen and oxygen atoms in total. The summed E-state index contributed by atoms with van der Waals surface area (Å²) in [6.45, 7) is 2.59. The molecule has 0 saturated carbocycles. The first-order valence-electron chi connectivity index (χ1n) is 6.43. The van der Waals surface area contributed by atoms with Gasteiger partial charge < -0.3 is 15.0 Å². The Kier molecular flexibility index (Phi) is 4.55. The fourth-order valence-corrected chi connectivity index (χ4v) is 1.68. The number of anilines is 1. The Morgan fingerprint density at radius 2 is 2.00 bits per heavy atom. The van der Waals surface area contributed by atoms with Crippen LogP contribution in [-0.2, 0) is 0 Å². The largest absolute Gasteiger partial charge is 0.491 e. The maximum Gasteiger partial charge on any atom is 0.272 e. The molecule has 0 aliphatic heterocycles. The van der Waals surface area contributed by atoms with E-state index in [1.807, 2.05) is 19.1 Å². The number of rotatable bonds is 5. The number of hydrogen-bond acceptors (Lipinski definition) is 3. The number of H-pyrrole nitrogens is 1. The van der Waals surface area contributed by atoms with Crippen LogP contribution in [0.3, 0.4) is 0 Å². The lowest BCUT2D eigenvalue weighted by atomic mass is 10.2. The van der Waals surface area contributed by atoms with Crippen molar-refractivity contribution in [2.24, 2.45) is 0 Å². The second-order valence-electron chi connectivity index (χ2n) is 4.23. The Morgan fingerprint density at radius 3 is 2.75 bits per heavy atom. The first-order chi connectivity index (χ1) is 9.70. The molecule has 1 aromatic carbocycles. The van der Waals surface area contributed by atoms with Crippen molar-refractivity contribution in [2.75, 3.05) is 11.9 Å². The maximum atomic E-state index is 12.1. The van der Waals surface area contributed by atoms with E-state index < -0.39 is 0 Å². The summed E-state index contributed by atoms with van der Waals surface area (Å²) in [5.74, 6) is 0.233. The van der Waals surface area contributed by atoms with Crippen molar-refractivity contribution in [3.8, 4) is 5.75 Å². The van der Waals surface area contributed by atoms with Gasteiger partial charge in [0.25, 0.3) is 5.91 Å². The zero-order valence-corrected chi connectivity index (χ0v) is 11.2. The minimum absolute atomic E-state index is 0.211. The Morgan fingerprint density at radius 1 is 1.20 bits per heavy atom. The van der Waals surface area contributed by atoms with E-state index in [1.165, 1.54) is 12.1 Å². The van der Waals surface area contributed by atoms with Gasteiger partial charge in [-0.05, 0) is 24.6 Å². The van der Waals surface area contributed by atoms with Gasteiger partial charge in [0.15, 0.2) is 0 Å². The summed E-state index contributed by atoms with van der Waals surface area (Å²) in [5, 5.41) is 2.73. The van der Waals surface area contributed by atoms with E-state index in [0.717, 1.165) is 6.42 Å². The molecule has 0 unspecified atom stereocenters. The Balaban J connectivity index is 2.17. The van der Waals surface area contributed by atoms with E-state index in [1.54, 1.807) is 18.2 Å². The second-order valence-corrected chi connectivity index (χ2v) is 4.23. The fraction of sp³-hybridized carbons (Fsp3) is 0.200. The number of hydrogen-bond donors (Lipinski definition) is 2. The SMILES string of the molecule is CCCOc1ccccc1NC(=O)c1cccc(=O)[nH]1. The molecule has 0 fully saturated rings. The zero-order valence-electron chi connectivity index (χ0n) is 11.2. The normalized spacial score (nSPS) is 10.1. The number of carbonyl (C=O) groups is 1. The van der Waals surface area contributed by atoms with Crippen molar-refractivity contribution < 1.29 is 9.53 Å². The van der Waals surface area contributed by atoms with Crippen LogP contribution < -0.4 is 15.6 Å². The number of amides is 1. The number of benzene rings is 1. The average Bonchev–Trinajstić information content (AvgIpc) is 2.46. The lowest BCUT2D eigenvalue weighted by molar-refractivity contribution is 0.102. The van der Waals surface area contributed by atoms with Gasteiger partial charge in [-0.15, -0.1) is 0 Å². The molecule has 1 amide bonds. The first-order valence-corrected chi connectivity index (χ1v) is 6.43. The van der Waals surface area contributed by atoms with E-state index in [2.05, 4.69) is 10.3 Å². The van der Waals surface area contributed by atoms with Crippen LogP contribution in [0.15, 0.2) is 47.3 Å². The molecule has 0 saturated heterocycles. The summed E-state index contributed by atoms with van der Waals surface area (Å²) in [5.41, 5.74) is 0.478. The molecule has 2 aromatic rings. The van der Waals surface area contributed by atoms with Gasteiger partial charge in [0.2, 0.25) is 5.56 Å². The van der Waals surface area contributed by atoms with Crippen molar-refractivity contribution in [2.45, 2.75) is 13.3 Å². The monoisotopic (exact) mass is 272 g/mol. The van der Waals surface area contributed by atoms with Gasteiger partial charge in [-0.1, -0.05) is 25.1 Å². The van der Waals surface area contributed by atoms with E-state index in [-0.39, 0.29) is 17.2 Å². The Labute approximate surface area is 116 Å². The smallest absolute Gasteiger partial charge is 0.272 e. The number of ether oxygens (including phenoxy) is 1. The third kappa shape index (κ3) is 3.47. The summed E-state index contributed by atoms with van der Waals surface area (Å²) in [6.07, 6.45) is 0.883. The van der Waals surface area contributed by atoms with Crippen molar-refractivity contribution in [1.82, 2.24) is 4.98 Å². The van der Waals surface area contributed by atoms with Gasteiger partial charge in [-0.3, -0.25) is 9.59 Å². The number of aromatic nitrogens is 1. The van der Waals surface area contributed by atoms with Gasteiger partial charge in [0.1, 0.15) is 11.4 Å². The molecule has 1 heterocycles. The maximum absolute atomic E-state index is 12.1. The quantitative estimate of drug-likeness (QED) is 0.878. The standard InChI is InChI=1S/C15H16N2O3/c1-2-10-20-13-8-4-3-6-11(13)17-15(19)12-7-5-9-14(18)16-12/h3-9H,2,10H2,1H3,(H,16,18)(H,17,19). The van der Waals surface area contributed by atoms with Gasteiger partial charge in [0.05, 0.1) is 12.3 Å². The molecule has 0 aliphatic carbocycles. The van der Waals surface area contributed by atoms with Gasteiger partial charge >= 0.3 is 0 Å². The van der Waals surface area contributed by atoms with Crippen LogP contribution >= 0.6 is 0 Å². The van der Waals surface area contributed by atoms with E-state index >= 15 is 0 Å². The minimum Gasteiger partial charge on any atom is -0.491 e. The predicted molar refractivity (Wildman–Crippen MR) is 77.2 cm³/mol.